The molecule has 0 unspecified atom stereocenters. The SMILES string of the molecule is c1ccc(-c2ccc(-c3ccc(N(c4ccc(-c5ccc(-c6cccc(-c7cc8ccccc8o7)c6)cc5)cc4)c4ccc(-c5cc6ccccc6c6ccccc56)cc4)cc3)cc2)cc1. The molecule has 2 nitrogen and oxygen atoms in total. The zero-order valence-corrected chi connectivity index (χ0v) is 36.2. The third-order valence-electron chi connectivity index (χ3n) is 12.9. The molecule has 0 saturated heterocycles. The Kier molecular flexibility index (Phi) is 9.89. The van der Waals surface area contributed by atoms with Crippen LogP contribution >= 0.6 is 0 Å². The van der Waals surface area contributed by atoms with Crippen LogP contribution in [0.1, 0.15) is 0 Å². The minimum absolute atomic E-state index is 0.878. The van der Waals surface area contributed by atoms with Gasteiger partial charge in [0.2, 0.25) is 0 Å². The summed E-state index contributed by atoms with van der Waals surface area (Å²) < 4.78 is 6.19. The Balaban J connectivity index is 0.862. The van der Waals surface area contributed by atoms with Gasteiger partial charge in [-0.15, -0.1) is 0 Å². The minimum Gasteiger partial charge on any atom is -0.456 e. The number of rotatable bonds is 9. The number of hydrogen-bond donors (Lipinski definition) is 0. The first-order valence-corrected chi connectivity index (χ1v) is 22.6. The monoisotopic (exact) mass is 841 g/mol. The molecule has 310 valence electrons. The highest BCUT2D eigenvalue weighted by Gasteiger charge is 2.16. The van der Waals surface area contributed by atoms with Gasteiger partial charge in [0, 0.05) is 28.0 Å². The lowest BCUT2D eigenvalue weighted by Crippen LogP contribution is -2.09. The van der Waals surface area contributed by atoms with Gasteiger partial charge in [-0.2, -0.15) is 0 Å². The Morgan fingerprint density at radius 1 is 0.242 bits per heavy atom. The molecule has 12 rings (SSSR count). The molecule has 1 heterocycles. The van der Waals surface area contributed by atoms with Crippen LogP contribution < -0.4 is 4.90 Å². The van der Waals surface area contributed by atoms with E-state index in [0.717, 1.165) is 56.0 Å². The number of para-hydroxylation sites is 1. The lowest BCUT2D eigenvalue weighted by Gasteiger charge is -2.26. The Morgan fingerprint density at radius 3 is 1.23 bits per heavy atom. The van der Waals surface area contributed by atoms with Crippen LogP contribution in [0.5, 0.6) is 0 Å². The maximum Gasteiger partial charge on any atom is 0.135 e. The van der Waals surface area contributed by atoms with E-state index in [1.54, 1.807) is 0 Å². The summed E-state index contributed by atoms with van der Waals surface area (Å²) in [5.41, 5.74) is 17.1. The summed E-state index contributed by atoms with van der Waals surface area (Å²) in [6, 6.07) is 93.8. The van der Waals surface area contributed by atoms with Gasteiger partial charge < -0.3 is 9.32 Å². The standard InChI is InChI=1S/C64H43NO/c1-2-11-44(12-3-1)45-21-23-46(24-22-45)48-29-35-56(36-30-48)65(58-39-33-51(34-40-58)62-42-53-13-4-6-17-59(53)60-18-7-8-19-61(60)62)57-37-31-49(32-38-57)47-25-27-50(28-26-47)52-15-10-16-54(41-52)64-43-55-14-5-9-20-63(55)66-64/h1-43H. The molecule has 66 heavy (non-hydrogen) atoms. The van der Waals surface area contributed by atoms with Crippen LogP contribution in [0, 0.1) is 0 Å². The van der Waals surface area contributed by atoms with Crippen LogP contribution in [0.4, 0.5) is 17.1 Å². The van der Waals surface area contributed by atoms with Gasteiger partial charge in [-0.3, -0.25) is 0 Å². The molecule has 0 aliphatic carbocycles. The van der Waals surface area contributed by atoms with E-state index >= 15 is 0 Å². The predicted octanol–water partition coefficient (Wildman–Crippen LogP) is 18.2. The second kappa shape index (κ2) is 16.8. The van der Waals surface area contributed by atoms with Gasteiger partial charge in [-0.1, -0.05) is 200 Å². The molecule has 0 fully saturated rings. The number of nitrogens with zero attached hydrogens (tertiary/aromatic N) is 1. The van der Waals surface area contributed by atoms with Crippen molar-refractivity contribution in [3.8, 4) is 67.0 Å². The van der Waals surface area contributed by atoms with E-state index in [1.807, 2.05) is 18.2 Å². The van der Waals surface area contributed by atoms with Crippen molar-refractivity contribution in [3.63, 3.8) is 0 Å². The second-order valence-corrected chi connectivity index (χ2v) is 16.9. The molecule has 2 heteroatoms. The molecule has 11 aromatic carbocycles. The van der Waals surface area contributed by atoms with Crippen molar-refractivity contribution in [1.29, 1.82) is 0 Å². The van der Waals surface area contributed by atoms with Crippen LogP contribution in [0.2, 0.25) is 0 Å². The van der Waals surface area contributed by atoms with Gasteiger partial charge in [-0.25, -0.2) is 0 Å². The summed E-state index contributed by atoms with van der Waals surface area (Å²) in [7, 11) is 0. The van der Waals surface area contributed by atoms with Crippen molar-refractivity contribution in [1.82, 2.24) is 0 Å². The van der Waals surface area contributed by atoms with E-state index in [0.29, 0.717) is 0 Å². The summed E-state index contributed by atoms with van der Waals surface area (Å²) >= 11 is 0. The highest BCUT2D eigenvalue weighted by molar-refractivity contribution is 6.13. The summed E-state index contributed by atoms with van der Waals surface area (Å²) in [5, 5.41) is 6.16. The number of hydrogen-bond acceptors (Lipinski definition) is 2. The van der Waals surface area contributed by atoms with Crippen molar-refractivity contribution < 1.29 is 4.42 Å². The summed E-state index contributed by atoms with van der Waals surface area (Å²) in [5.74, 6) is 0.878. The Hall–Kier alpha value is -8.72. The molecule has 1 aromatic heterocycles. The second-order valence-electron chi connectivity index (χ2n) is 16.9. The van der Waals surface area contributed by atoms with Gasteiger partial charge >= 0.3 is 0 Å². The van der Waals surface area contributed by atoms with Crippen LogP contribution in [-0.2, 0) is 0 Å². The number of anilines is 3. The lowest BCUT2D eigenvalue weighted by atomic mass is 9.93. The largest absolute Gasteiger partial charge is 0.456 e. The van der Waals surface area contributed by atoms with E-state index in [-0.39, 0.29) is 0 Å². The maximum atomic E-state index is 6.19. The third kappa shape index (κ3) is 7.41. The molecule has 0 N–H and O–H groups in total. The van der Waals surface area contributed by atoms with Crippen molar-refractivity contribution in [2.24, 2.45) is 0 Å². The Labute approximate surface area is 384 Å². The normalized spacial score (nSPS) is 11.3. The summed E-state index contributed by atoms with van der Waals surface area (Å²) in [6.07, 6.45) is 0. The molecule has 12 aromatic rings. The number of benzene rings is 11. The number of furan rings is 1. The fourth-order valence-electron chi connectivity index (χ4n) is 9.45. The molecule has 0 radical (unpaired) electrons. The van der Waals surface area contributed by atoms with Crippen molar-refractivity contribution in [2.75, 3.05) is 4.90 Å². The van der Waals surface area contributed by atoms with Gasteiger partial charge in [0.25, 0.3) is 0 Å². The zero-order chi connectivity index (χ0) is 43.8. The molecule has 0 spiro atoms. The number of fused-ring (bicyclic) bond motifs is 4. The molecule has 0 aliphatic rings. The van der Waals surface area contributed by atoms with Crippen LogP contribution in [0.3, 0.4) is 0 Å². The minimum atomic E-state index is 0.878. The smallest absolute Gasteiger partial charge is 0.135 e. The summed E-state index contributed by atoms with van der Waals surface area (Å²) in [4.78, 5) is 2.35. The first kappa shape index (κ1) is 38.9. The Morgan fingerprint density at radius 2 is 0.652 bits per heavy atom. The first-order valence-electron chi connectivity index (χ1n) is 22.6. The van der Waals surface area contributed by atoms with E-state index in [1.165, 1.54) is 60.5 Å². The average molecular weight is 842 g/mol. The van der Waals surface area contributed by atoms with E-state index in [2.05, 4.69) is 248 Å². The van der Waals surface area contributed by atoms with Crippen LogP contribution in [-0.4, -0.2) is 0 Å². The highest BCUT2D eigenvalue weighted by Crippen LogP contribution is 2.40. The predicted molar refractivity (Wildman–Crippen MR) is 279 cm³/mol. The molecular formula is C64H43NO. The highest BCUT2D eigenvalue weighted by atomic mass is 16.3. The fraction of sp³-hybridized carbons (Fsp3) is 0. The maximum absolute atomic E-state index is 6.19. The van der Waals surface area contributed by atoms with E-state index in [4.69, 9.17) is 4.42 Å². The van der Waals surface area contributed by atoms with Gasteiger partial charge in [-0.05, 0) is 138 Å². The first-order chi connectivity index (χ1) is 32.7. The molecular weight excluding hydrogens is 799 g/mol. The summed E-state index contributed by atoms with van der Waals surface area (Å²) in [6.45, 7) is 0. The van der Waals surface area contributed by atoms with E-state index < -0.39 is 0 Å². The van der Waals surface area contributed by atoms with Crippen molar-refractivity contribution in [3.05, 3.63) is 261 Å². The van der Waals surface area contributed by atoms with Gasteiger partial charge in [0.1, 0.15) is 11.3 Å². The average Bonchev–Trinajstić information content (AvgIpc) is 3.85. The molecule has 0 amide bonds. The topological polar surface area (TPSA) is 16.4 Å². The molecule has 0 atom stereocenters. The Bertz CT molecular complexity index is 3610. The zero-order valence-electron chi connectivity index (χ0n) is 36.2. The third-order valence-corrected chi connectivity index (χ3v) is 12.9. The molecule has 0 bridgehead atoms. The van der Waals surface area contributed by atoms with Gasteiger partial charge in [0.05, 0.1) is 0 Å². The van der Waals surface area contributed by atoms with Crippen LogP contribution in [0.25, 0.3) is 99.5 Å². The van der Waals surface area contributed by atoms with Crippen molar-refractivity contribution >= 4 is 49.6 Å². The molecule has 0 saturated carbocycles. The lowest BCUT2D eigenvalue weighted by molar-refractivity contribution is 0.631. The van der Waals surface area contributed by atoms with Gasteiger partial charge in [0.15, 0.2) is 0 Å². The quantitative estimate of drug-likeness (QED) is 0.135. The van der Waals surface area contributed by atoms with Crippen LogP contribution in [0.15, 0.2) is 265 Å². The fourth-order valence-corrected chi connectivity index (χ4v) is 9.45. The molecule has 0 aliphatic heterocycles. The van der Waals surface area contributed by atoms with E-state index in [9.17, 15) is 0 Å². The van der Waals surface area contributed by atoms with Crippen molar-refractivity contribution in [2.45, 2.75) is 0 Å².